The van der Waals surface area contributed by atoms with E-state index in [1.807, 2.05) is 0 Å². The maximum Gasteiger partial charge on any atom is 0.254 e. The summed E-state index contributed by atoms with van der Waals surface area (Å²) >= 11 is 0. The van der Waals surface area contributed by atoms with Crippen LogP contribution in [0.15, 0.2) is 18.2 Å². The zero-order valence-corrected chi connectivity index (χ0v) is 12.8. The second kappa shape index (κ2) is 6.31. The Balaban J connectivity index is 2.19. The fraction of sp³-hybridized carbons (Fsp3) is 0.467. The largest absolute Gasteiger partial charge is 0.494 e. The highest BCUT2D eigenvalue weighted by Gasteiger charge is 2.40. The van der Waals surface area contributed by atoms with Crippen molar-refractivity contribution < 1.29 is 23.5 Å². The van der Waals surface area contributed by atoms with E-state index in [4.69, 9.17) is 9.47 Å². The predicted octanol–water partition coefficient (Wildman–Crippen LogP) is 0.811. The SMILES string of the molecule is CNC(=O)C1(C)CN(C(=O)c2ccc(OC)c(F)c2)CCO1. The molecular weight excluding hydrogens is 291 g/mol. The molecule has 7 heteroatoms. The molecular formula is C15H19FN2O4. The number of methoxy groups -OCH3 is 1. The van der Waals surface area contributed by atoms with E-state index >= 15 is 0 Å². The van der Waals surface area contributed by atoms with Gasteiger partial charge in [-0.15, -0.1) is 0 Å². The van der Waals surface area contributed by atoms with Gasteiger partial charge in [-0.05, 0) is 25.1 Å². The molecule has 1 saturated heterocycles. The van der Waals surface area contributed by atoms with Crippen LogP contribution in [0.4, 0.5) is 4.39 Å². The molecule has 2 amide bonds. The molecule has 0 radical (unpaired) electrons. The van der Waals surface area contributed by atoms with Crippen LogP contribution < -0.4 is 10.1 Å². The van der Waals surface area contributed by atoms with E-state index in [0.717, 1.165) is 6.07 Å². The van der Waals surface area contributed by atoms with Crippen molar-refractivity contribution in [3.8, 4) is 5.75 Å². The molecule has 0 spiro atoms. The second-order valence-electron chi connectivity index (χ2n) is 5.23. The van der Waals surface area contributed by atoms with Crippen molar-refractivity contribution in [3.63, 3.8) is 0 Å². The predicted molar refractivity (Wildman–Crippen MR) is 77.3 cm³/mol. The molecule has 0 saturated carbocycles. The van der Waals surface area contributed by atoms with Crippen LogP contribution in [-0.4, -0.2) is 56.2 Å². The number of rotatable bonds is 3. The first-order chi connectivity index (χ1) is 10.4. The molecule has 22 heavy (non-hydrogen) atoms. The summed E-state index contributed by atoms with van der Waals surface area (Å²) in [4.78, 5) is 25.8. The van der Waals surface area contributed by atoms with Gasteiger partial charge in [-0.2, -0.15) is 0 Å². The van der Waals surface area contributed by atoms with Crippen LogP contribution in [0.3, 0.4) is 0 Å². The minimum Gasteiger partial charge on any atom is -0.494 e. The summed E-state index contributed by atoms with van der Waals surface area (Å²) in [5.74, 6) is -1.17. The molecule has 0 aliphatic carbocycles. The number of nitrogens with zero attached hydrogens (tertiary/aromatic N) is 1. The summed E-state index contributed by atoms with van der Waals surface area (Å²) in [6.45, 7) is 2.33. The number of carbonyl (C=O) groups excluding carboxylic acids is 2. The highest BCUT2D eigenvalue weighted by molar-refractivity contribution is 5.95. The van der Waals surface area contributed by atoms with Gasteiger partial charge < -0.3 is 19.7 Å². The van der Waals surface area contributed by atoms with Crippen molar-refractivity contribution in [2.24, 2.45) is 0 Å². The van der Waals surface area contributed by atoms with Gasteiger partial charge in [0.05, 0.1) is 20.3 Å². The van der Waals surface area contributed by atoms with Gasteiger partial charge >= 0.3 is 0 Å². The number of halogens is 1. The van der Waals surface area contributed by atoms with E-state index in [2.05, 4.69) is 5.32 Å². The van der Waals surface area contributed by atoms with Gasteiger partial charge in [-0.25, -0.2) is 4.39 Å². The maximum atomic E-state index is 13.7. The van der Waals surface area contributed by atoms with Crippen molar-refractivity contribution in [1.82, 2.24) is 10.2 Å². The van der Waals surface area contributed by atoms with E-state index in [1.165, 1.54) is 31.2 Å². The zero-order valence-electron chi connectivity index (χ0n) is 12.8. The van der Waals surface area contributed by atoms with Gasteiger partial charge in [0.15, 0.2) is 17.2 Å². The van der Waals surface area contributed by atoms with Crippen LogP contribution in [0.25, 0.3) is 0 Å². The minimum atomic E-state index is -1.10. The molecule has 1 heterocycles. The summed E-state index contributed by atoms with van der Waals surface area (Å²) in [6, 6.07) is 4.03. The first-order valence-electron chi connectivity index (χ1n) is 6.90. The average molecular weight is 310 g/mol. The molecule has 1 aromatic carbocycles. The molecule has 1 fully saturated rings. The lowest BCUT2D eigenvalue weighted by Crippen LogP contribution is -2.58. The van der Waals surface area contributed by atoms with Crippen LogP contribution in [0, 0.1) is 5.82 Å². The number of ether oxygens (including phenoxy) is 2. The lowest BCUT2D eigenvalue weighted by Gasteiger charge is -2.39. The summed E-state index contributed by atoms with van der Waals surface area (Å²) < 4.78 is 24.1. The highest BCUT2D eigenvalue weighted by Crippen LogP contribution is 2.22. The number of hydrogen-bond acceptors (Lipinski definition) is 4. The van der Waals surface area contributed by atoms with Crippen molar-refractivity contribution in [3.05, 3.63) is 29.6 Å². The third-order valence-electron chi connectivity index (χ3n) is 3.67. The number of carbonyl (C=O) groups is 2. The number of benzene rings is 1. The lowest BCUT2D eigenvalue weighted by molar-refractivity contribution is -0.153. The standard InChI is InChI=1S/C15H19FN2O4/c1-15(14(20)17-2)9-18(6-7-22-15)13(19)10-4-5-12(21-3)11(16)8-10/h4-5,8H,6-7,9H2,1-3H3,(H,17,20). The van der Waals surface area contributed by atoms with E-state index in [0.29, 0.717) is 6.54 Å². The third kappa shape index (κ3) is 3.04. The van der Waals surface area contributed by atoms with Gasteiger partial charge in [0, 0.05) is 19.2 Å². The number of nitrogens with one attached hydrogen (secondary N) is 1. The van der Waals surface area contributed by atoms with Crippen molar-refractivity contribution >= 4 is 11.8 Å². The van der Waals surface area contributed by atoms with Crippen LogP contribution in [0.2, 0.25) is 0 Å². The Morgan fingerprint density at radius 3 is 2.77 bits per heavy atom. The van der Waals surface area contributed by atoms with Gasteiger partial charge in [0.25, 0.3) is 11.8 Å². The zero-order chi connectivity index (χ0) is 16.3. The summed E-state index contributed by atoms with van der Waals surface area (Å²) in [6.07, 6.45) is 0. The van der Waals surface area contributed by atoms with Crippen molar-refractivity contribution in [1.29, 1.82) is 0 Å². The monoisotopic (exact) mass is 310 g/mol. The highest BCUT2D eigenvalue weighted by atomic mass is 19.1. The Labute approximate surface area is 128 Å². The Morgan fingerprint density at radius 1 is 1.45 bits per heavy atom. The van der Waals surface area contributed by atoms with Crippen molar-refractivity contribution in [2.45, 2.75) is 12.5 Å². The first kappa shape index (κ1) is 16.2. The Hall–Kier alpha value is -2.15. The molecule has 1 N–H and O–H groups in total. The molecule has 1 aromatic rings. The van der Waals surface area contributed by atoms with Crippen LogP contribution in [-0.2, 0) is 9.53 Å². The topological polar surface area (TPSA) is 67.9 Å². The fourth-order valence-corrected chi connectivity index (χ4v) is 2.43. The minimum absolute atomic E-state index is 0.0775. The van der Waals surface area contributed by atoms with E-state index in [1.54, 1.807) is 6.92 Å². The number of amides is 2. The van der Waals surface area contributed by atoms with Crippen LogP contribution in [0.5, 0.6) is 5.75 Å². The summed E-state index contributed by atoms with van der Waals surface area (Å²) in [5, 5.41) is 2.52. The maximum absolute atomic E-state index is 13.7. The molecule has 0 aromatic heterocycles. The quantitative estimate of drug-likeness (QED) is 0.897. The molecule has 1 aliphatic heterocycles. The lowest BCUT2D eigenvalue weighted by atomic mass is 10.0. The Morgan fingerprint density at radius 2 is 2.18 bits per heavy atom. The van der Waals surface area contributed by atoms with Gasteiger partial charge in [0.2, 0.25) is 0 Å². The van der Waals surface area contributed by atoms with Gasteiger partial charge in [-0.3, -0.25) is 9.59 Å². The molecule has 1 unspecified atom stereocenters. The van der Waals surface area contributed by atoms with E-state index in [-0.39, 0.29) is 36.3 Å². The van der Waals surface area contributed by atoms with Crippen molar-refractivity contribution in [2.75, 3.05) is 33.9 Å². The number of hydrogen-bond donors (Lipinski definition) is 1. The number of morpholine rings is 1. The smallest absolute Gasteiger partial charge is 0.254 e. The van der Waals surface area contributed by atoms with Crippen LogP contribution >= 0.6 is 0 Å². The first-order valence-corrected chi connectivity index (χ1v) is 6.90. The molecule has 1 aliphatic rings. The Bertz CT molecular complexity index is 593. The molecule has 1 atom stereocenters. The van der Waals surface area contributed by atoms with Crippen LogP contribution in [0.1, 0.15) is 17.3 Å². The molecule has 0 bridgehead atoms. The Kier molecular flexibility index (Phi) is 4.65. The summed E-state index contributed by atoms with van der Waals surface area (Å²) in [7, 11) is 2.87. The molecule has 6 nitrogen and oxygen atoms in total. The molecule has 120 valence electrons. The van der Waals surface area contributed by atoms with E-state index in [9.17, 15) is 14.0 Å². The fourth-order valence-electron chi connectivity index (χ4n) is 2.43. The number of likely N-dealkylation sites (N-methyl/N-ethyl adjacent to an activating group) is 1. The van der Waals surface area contributed by atoms with E-state index < -0.39 is 11.4 Å². The van der Waals surface area contributed by atoms with Gasteiger partial charge in [0.1, 0.15) is 0 Å². The summed E-state index contributed by atoms with van der Waals surface area (Å²) in [5.41, 5.74) is -0.896. The normalized spacial score (nSPS) is 21.4. The molecule has 2 rings (SSSR count). The second-order valence-corrected chi connectivity index (χ2v) is 5.23. The third-order valence-corrected chi connectivity index (χ3v) is 3.67. The van der Waals surface area contributed by atoms with Gasteiger partial charge in [-0.1, -0.05) is 0 Å². The average Bonchev–Trinajstić information content (AvgIpc) is 2.53.